The van der Waals surface area contributed by atoms with Gasteiger partial charge >= 0.3 is 0 Å². The molecule has 1 aliphatic rings. The van der Waals surface area contributed by atoms with E-state index in [-0.39, 0.29) is 48.3 Å². The smallest absolute Gasteiger partial charge is 0.216 e. The van der Waals surface area contributed by atoms with Gasteiger partial charge in [0.05, 0.1) is 18.5 Å². The molecule has 0 radical (unpaired) electrons. The fourth-order valence-electron chi connectivity index (χ4n) is 3.06. The highest BCUT2D eigenvalue weighted by Gasteiger charge is 2.27. The molecule has 0 atom stereocenters. The highest BCUT2D eigenvalue weighted by Crippen LogP contribution is 2.17. The molecule has 1 fully saturated rings. The second kappa shape index (κ2) is 13.0. The molecule has 0 spiro atoms. The molecule has 7 nitrogen and oxygen atoms in total. The second-order valence-electron chi connectivity index (χ2n) is 7.08. The molecule has 172 valence electrons. The number of aliphatic imine (C=N–C) groups is 1. The van der Waals surface area contributed by atoms with Crippen molar-refractivity contribution in [2.24, 2.45) is 4.99 Å². The van der Waals surface area contributed by atoms with Gasteiger partial charge in [-0.05, 0) is 38.0 Å². The van der Waals surface area contributed by atoms with E-state index in [1.807, 2.05) is 18.7 Å². The number of ether oxygens (including phenoxy) is 1. The number of nitrogens with zero attached hydrogens (tertiary/aromatic N) is 3. The Bertz CT molecular complexity index is 803. The predicted octanol–water partition coefficient (Wildman–Crippen LogP) is 2.59. The van der Waals surface area contributed by atoms with Crippen LogP contribution in [-0.2, 0) is 21.2 Å². The van der Waals surface area contributed by atoms with Crippen LogP contribution in [-0.4, -0.2) is 81.8 Å². The van der Waals surface area contributed by atoms with Crippen LogP contribution in [0.1, 0.15) is 19.4 Å². The van der Waals surface area contributed by atoms with Crippen LogP contribution in [0, 0.1) is 5.82 Å². The van der Waals surface area contributed by atoms with Crippen molar-refractivity contribution in [3.05, 3.63) is 34.6 Å². The molecule has 0 saturated carbocycles. The summed E-state index contributed by atoms with van der Waals surface area (Å²) >= 11 is 6.06. The van der Waals surface area contributed by atoms with Gasteiger partial charge in [-0.2, -0.15) is 4.31 Å². The Morgan fingerprint density at radius 3 is 2.53 bits per heavy atom. The zero-order valence-corrected chi connectivity index (χ0v) is 21.5. The van der Waals surface area contributed by atoms with Crippen molar-refractivity contribution >= 4 is 51.6 Å². The van der Waals surface area contributed by atoms with Gasteiger partial charge in [-0.3, -0.25) is 4.99 Å². The first-order chi connectivity index (χ1) is 13.7. The zero-order chi connectivity index (χ0) is 21.4. The summed E-state index contributed by atoms with van der Waals surface area (Å²) in [6, 6.07) is 4.37. The molecule has 11 heteroatoms. The third kappa shape index (κ3) is 8.45. The van der Waals surface area contributed by atoms with E-state index in [2.05, 4.69) is 10.3 Å². The largest absolute Gasteiger partial charge is 0.378 e. The van der Waals surface area contributed by atoms with Crippen LogP contribution in [0.25, 0.3) is 0 Å². The summed E-state index contributed by atoms with van der Waals surface area (Å²) in [7, 11) is -1.63. The van der Waals surface area contributed by atoms with Gasteiger partial charge in [-0.15, -0.1) is 24.0 Å². The number of nitrogens with one attached hydrogen (secondary N) is 1. The van der Waals surface area contributed by atoms with Gasteiger partial charge in [0.2, 0.25) is 10.0 Å². The van der Waals surface area contributed by atoms with Gasteiger partial charge in [-0.1, -0.05) is 17.7 Å². The highest BCUT2D eigenvalue weighted by molar-refractivity contribution is 14.0. The molecule has 0 bridgehead atoms. The summed E-state index contributed by atoms with van der Waals surface area (Å²) in [6.45, 7) is 6.49. The summed E-state index contributed by atoms with van der Waals surface area (Å²) in [5.41, 5.74) is 0.857. The molecule has 1 N–H and O–H groups in total. The Morgan fingerprint density at radius 2 is 1.97 bits per heavy atom. The first kappa shape index (κ1) is 27.3. The van der Waals surface area contributed by atoms with Crippen LogP contribution in [0.15, 0.2) is 23.2 Å². The van der Waals surface area contributed by atoms with Gasteiger partial charge in [0.25, 0.3) is 0 Å². The van der Waals surface area contributed by atoms with Crippen molar-refractivity contribution in [3.8, 4) is 0 Å². The van der Waals surface area contributed by atoms with Crippen molar-refractivity contribution in [2.45, 2.75) is 26.4 Å². The van der Waals surface area contributed by atoms with Crippen molar-refractivity contribution < 1.29 is 17.5 Å². The van der Waals surface area contributed by atoms with E-state index in [1.165, 1.54) is 16.4 Å². The molecule has 1 saturated heterocycles. The summed E-state index contributed by atoms with van der Waals surface area (Å²) in [6.07, 6.45) is 0.642. The summed E-state index contributed by atoms with van der Waals surface area (Å²) < 4.78 is 44.9. The topological polar surface area (TPSA) is 74.2 Å². The quantitative estimate of drug-likeness (QED) is 0.293. The third-order valence-corrected chi connectivity index (χ3v) is 6.81. The Hall–Kier alpha value is -0.690. The Balaban J connectivity index is 0.00000450. The molecule has 2 rings (SSSR count). The van der Waals surface area contributed by atoms with Gasteiger partial charge in [0, 0.05) is 44.8 Å². The van der Waals surface area contributed by atoms with Crippen LogP contribution in [0.5, 0.6) is 0 Å². The van der Waals surface area contributed by atoms with E-state index < -0.39 is 10.0 Å². The standard InChI is InChI=1S/C19H30ClFN4O3S.HI/c1-15(2)28-12-13-29(26,27)25-10-8-24(9-11-25)19(22-3)23-7-6-16-4-5-17(21)14-18(16)20;/h4-5,14-15H,6-13H2,1-3H3,(H,22,23);1H. The maximum Gasteiger partial charge on any atom is 0.216 e. The molecule has 0 aliphatic carbocycles. The number of halogens is 3. The lowest BCUT2D eigenvalue weighted by molar-refractivity contribution is 0.0904. The van der Waals surface area contributed by atoms with Gasteiger partial charge in [0.1, 0.15) is 5.82 Å². The maximum absolute atomic E-state index is 13.1. The third-order valence-electron chi connectivity index (χ3n) is 4.63. The van der Waals surface area contributed by atoms with E-state index in [4.69, 9.17) is 16.3 Å². The number of piperazine rings is 1. The number of rotatable bonds is 8. The van der Waals surface area contributed by atoms with E-state index >= 15 is 0 Å². The van der Waals surface area contributed by atoms with Crippen molar-refractivity contribution in [1.29, 1.82) is 0 Å². The first-order valence-electron chi connectivity index (χ1n) is 9.72. The van der Waals surface area contributed by atoms with E-state index in [0.29, 0.717) is 50.1 Å². The van der Waals surface area contributed by atoms with E-state index in [9.17, 15) is 12.8 Å². The van der Waals surface area contributed by atoms with Crippen LogP contribution < -0.4 is 5.32 Å². The fourth-order valence-corrected chi connectivity index (χ4v) is 4.61. The SMILES string of the molecule is CN=C(NCCc1ccc(F)cc1Cl)N1CCN(S(=O)(=O)CCOC(C)C)CC1.I. The van der Waals surface area contributed by atoms with Gasteiger partial charge < -0.3 is 15.0 Å². The average molecular weight is 577 g/mol. The minimum atomic E-state index is -3.32. The lowest BCUT2D eigenvalue weighted by Gasteiger charge is -2.35. The highest BCUT2D eigenvalue weighted by atomic mass is 127. The normalized spacial score (nSPS) is 15.9. The van der Waals surface area contributed by atoms with Gasteiger partial charge in [-0.25, -0.2) is 12.8 Å². The molecular formula is C19H31ClFIN4O3S. The van der Waals surface area contributed by atoms with Crippen molar-refractivity contribution in [1.82, 2.24) is 14.5 Å². The summed E-state index contributed by atoms with van der Waals surface area (Å²) in [5.74, 6) is 0.353. The number of hydrogen-bond acceptors (Lipinski definition) is 4. The average Bonchev–Trinajstić information content (AvgIpc) is 2.66. The maximum atomic E-state index is 13.1. The summed E-state index contributed by atoms with van der Waals surface area (Å²) in [5, 5.41) is 3.67. The molecule has 1 aromatic rings. The molecule has 0 aromatic heterocycles. The molecule has 1 aliphatic heterocycles. The van der Waals surface area contributed by atoms with Crippen LogP contribution >= 0.6 is 35.6 Å². The molecule has 0 amide bonds. The van der Waals surface area contributed by atoms with Crippen LogP contribution in [0.2, 0.25) is 5.02 Å². The predicted molar refractivity (Wildman–Crippen MR) is 130 cm³/mol. The minimum Gasteiger partial charge on any atom is -0.378 e. The molecule has 1 heterocycles. The first-order valence-corrected chi connectivity index (χ1v) is 11.7. The number of hydrogen-bond donors (Lipinski definition) is 1. The monoisotopic (exact) mass is 576 g/mol. The van der Waals surface area contributed by atoms with E-state index in [0.717, 1.165) is 5.56 Å². The second-order valence-corrected chi connectivity index (χ2v) is 9.58. The zero-order valence-electron chi connectivity index (χ0n) is 17.6. The summed E-state index contributed by atoms with van der Waals surface area (Å²) in [4.78, 5) is 6.32. The fraction of sp³-hybridized carbons (Fsp3) is 0.632. The molecule has 1 aromatic carbocycles. The lowest BCUT2D eigenvalue weighted by Crippen LogP contribution is -2.54. The Morgan fingerprint density at radius 1 is 1.30 bits per heavy atom. The number of sulfonamides is 1. The molecule has 0 unspecified atom stereocenters. The number of benzene rings is 1. The Labute approximate surface area is 201 Å². The van der Waals surface area contributed by atoms with Gasteiger partial charge in [0.15, 0.2) is 5.96 Å². The van der Waals surface area contributed by atoms with Crippen molar-refractivity contribution in [2.75, 3.05) is 52.1 Å². The molecular weight excluding hydrogens is 546 g/mol. The van der Waals surface area contributed by atoms with Crippen molar-refractivity contribution in [3.63, 3.8) is 0 Å². The molecule has 30 heavy (non-hydrogen) atoms. The minimum absolute atomic E-state index is 0. The van der Waals surface area contributed by atoms with Crippen LogP contribution in [0.4, 0.5) is 4.39 Å². The number of guanidine groups is 1. The Kier molecular flexibility index (Phi) is 11.8. The van der Waals surface area contributed by atoms with Crippen LogP contribution in [0.3, 0.4) is 0 Å². The lowest BCUT2D eigenvalue weighted by atomic mass is 10.1. The van der Waals surface area contributed by atoms with E-state index in [1.54, 1.807) is 13.1 Å².